The predicted octanol–water partition coefficient (Wildman–Crippen LogP) is 5.25. The number of unbranched alkanes of at least 4 members (excludes halogenated alkanes) is 3. The molecular weight excluding hydrogens is 500 g/mol. The molecule has 4 rings (SSSR count). The van der Waals surface area contributed by atoms with Crippen molar-refractivity contribution in [2.45, 2.75) is 38.5 Å². The Morgan fingerprint density at radius 1 is 0.500 bits per heavy atom. The third-order valence-corrected chi connectivity index (χ3v) is 6.14. The van der Waals surface area contributed by atoms with Crippen molar-refractivity contribution in [1.82, 2.24) is 20.8 Å². The number of hydrogen-bond acceptors (Lipinski definition) is 6. The summed E-state index contributed by atoms with van der Waals surface area (Å²) in [5, 5.41) is 8.80. The molecule has 0 radical (unpaired) electrons. The maximum absolute atomic E-state index is 12.4. The zero-order valence-corrected chi connectivity index (χ0v) is 22.2. The first-order valence-corrected chi connectivity index (χ1v) is 13.4. The first-order chi connectivity index (χ1) is 19.7. The molecule has 0 atom stereocenters. The van der Waals surface area contributed by atoms with E-state index in [4.69, 9.17) is 0 Å². The van der Waals surface area contributed by atoms with Crippen LogP contribution in [0, 0.1) is 0 Å². The number of aromatic nitrogens is 2. The molecule has 0 aliphatic carbocycles. The van der Waals surface area contributed by atoms with Crippen molar-refractivity contribution in [3.05, 3.63) is 132 Å². The Morgan fingerprint density at radius 2 is 0.850 bits per heavy atom. The van der Waals surface area contributed by atoms with Gasteiger partial charge in [0.25, 0.3) is 0 Å². The summed E-state index contributed by atoms with van der Waals surface area (Å²) in [6, 6.07) is 26.9. The minimum Gasteiger partial charge on any atom is -0.273 e. The van der Waals surface area contributed by atoms with Crippen LogP contribution in [-0.4, -0.2) is 33.2 Å². The van der Waals surface area contributed by atoms with Crippen LogP contribution in [0.5, 0.6) is 0 Å². The molecule has 0 aliphatic heterocycles. The van der Waals surface area contributed by atoms with Crippen LogP contribution in [0.2, 0.25) is 0 Å². The maximum atomic E-state index is 12.4. The monoisotopic (exact) mass is 532 g/mol. The lowest BCUT2D eigenvalue weighted by Gasteiger charge is -2.08. The number of carbonyl (C=O) groups excluding carboxylic acids is 2. The van der Waals surface area contributed by atoms with Gasteiger partial charge in [-0.2, -0.15) is 10.2 Å². The largest absolute Gasteiger partial charge is 0.273 e. The normalized spacial score (nSPS) is 11.6. The van der Waals surface area contributed by atoms with E-state index in [0.717, 1.165) is 47.9 Å². The number of carbonyl (C=O) groups is 2. The van der Waals surface area contributed by atoms with Crippen molar-refractivity contribution in [3.8, 4) is 0 Å². The third-order valence-electron chi connectivity index (χ3n) is 6.14. The number of hydrazone groups is 2. The standard InChI is InChI=1S/C32H32N6O2/c39-29(35-37-31(25-11-5-3-6-12-25)27-17-21-33-22-18-27)15-9-1-2-10-16-30(40)36-38-32(26-13-7-4-8-14-26)28-19-23-34-24-20-28/h3-8,11-14,17-24H,1-2,9-10,15-16H2,(H,35,39)(H,36,40). The summed E-state index contributed by atoms with van der Waals surface area (Å²) in [4.78, 5) is 33.0. The molecular formula is C32H32N6O2. The quantitative estimate of drug-likeness (QED) is 0.139. The summed E-state index contributed by atoms with van der Waals surface area (Å²) >= 11 is 0. The molecule has 0 aliphatic rings. The minimum atomic E-state index is -0.140. The zero-order valence-electron chi connectivity index (χ0n) is 22.2. The predicted molar refractivity (Wildman–Crippen MR) is 157 cm³/mol. The second-order valence-electron chi connectivity index (χ2n) is 9.11. The second kappa shape index (κ2) is 15.4. The number of rotatable bonds is 13. The van der Waals surface area contributed by atoms with Crippen LogP contribution in [-0.2, 0) is 9.59 Å². The van der Waals surface area contributed by atoms with Gasteiger partial charge >= 0.3 is 0 Å². The van der Waals surface area contributed by atoms with Crippen LogP contribution in [0.3, 0.4) is 0 Å². The van der Waals surface area contributed by atoms with Gasteiger partial charge in [0.15, 0.2) is 0 Å². The van der Waals surface area contributed by atoms with Crippen LogP contribution in [0.1, 0.15) is 60.8 Å². The third kappa shape index (κ3) is 8.80. The van der Waals surface area contributed by atoms with Gasteiger partial charge in [-0.05, 0) is 37.1 Å². The van der Waals surface area contributed by atoms with Crippen LogP contribution in [0.15, 0.2) is 120 Å². The Kier molecular flexibility index (Phi) is 10.8. The summed E-state index contributed by atoms with van der Waals surface area (Å²) in [7, 11) is 0. The van der Waals surface area contributed by atoms with Gasteiger partial charge in [-0.25, -0.2) is 10.9 Å². The Labute approximate surface area is 234 Å². The fraction of sp³-hybridized carbons (Fsp3) is 0.188. The summed E-state index contributed by atoms with van der Waals surface area (Å²) in [5.74, 6) is -0.279. The van der Waals surface area contributed by atoms with Gasteiger partial charge in [0.2, 0.25) is 11.8 Å². The van der Waals surface area contributed by atoms with E-state index in [1.807, 2.05) is 84.9 Å². The van der Waals surface area contributed by atoms with Gasteiger partial charge < -0.3 is 0 Å². The Balaban J connectivity index is 1.19. The molecule has 40 heavy (non-hydrogen) atoms. The smallest absolute Gasteiger partial charge is 0.240 e. The van der Waals surface area contributed by atoms with E-state index in [9.17, 15) is 9.59 Å². The molecule has 4 aromatic rings. The van der Waals surface area contributed by atoms with Crippen molar-refractivity contribution in [1.29, 1.82) is 0 Å². The van der Waals surface area contributed by atoms with E-state index in [-0.39, 0.29) is 11.8 Å². The lowest BCUT2D eigenvalue weighted by Crippen LogP contribution is -2.20. The molecule has 8 heteroatoms. The summed E-state index contributed by atoms with van der Waals surface area (Å²) < 4.78 is 0. The molecule has 2 amide bonds. The Bertz CT molecular complexity index is 1220. The van der Waals surface area contributed by atoms with Crippen molar-refractivity contribution in [2.75, 3.05) is 0 Å². The first kappa shape index (κ1) is 28.0. The Morgan fingerprint density at radius 3 is 1.23 bits per heavy atom. The van der Waals surface area contributed by atoms with Gasteiger partial charge in [0.05, 0.1) is 11.4 Å². The van der Waals surface area contributed by atoms with Crippen LogP contribution in [0.25, 0.3) is 0 Å². The number of hydrogen-bond donors (Lipinski definition) is 2. The van der Waals surface area contributed by atoms with Crippen LogP contribution >= 0.6 is 0 Å². The molecule has 8 nitrogen and oxygen atoms in total. The highest BCUT2D eigenvalue weighted by atomic mass is 16.2. The van der Waals surface area contributed by atoms with Gasteiger partial charge in [0, 0.05) is 59.9 Å². The van der Waals surface area contributed by atoms with Gasteiger partial charge in [-0.1, -0.05) is 73.5 Å². The first-order valence-electron chi connectivity index (χ1n) is 13.4. The highest BCUT2D eigenvalue weighted by molar-refractivity contribution is 6.13. The van der Waals surface area contributed by atoms with E-state index in [2.05, 4.69) is 31.0 Å². The molecule has 0 fully saturated rings. The SMILES string of the molecule is O=C(CCCCCCC(=O)NN=C(c1ccccc1)c1ccncc1)NN=C(c1ccccc1)c1ccncc1. The van der Waals surface area contributed by atoms with Crippen molar-refractivity contribution < 1.29 is 9.59 Å². The number of benzene rings is 2. The molecule has 0 spiro atoms. The molecule has 0 saturated heterocycles. The van der Waals surface area contributed by atoms with E-state index in [1.165, 1.54) is 0 Å². The molecule has 2 aromatic carbocycles. The lowest BCUT2D eigenvalue weighted by atomic mass is 10.0. The van der Waals surface area contributed by atoms with Gasteiger partial charge in [-0.15, -0.1) is 0 Å². The van der Waals surface area contributed by atoms with Gasteiger partial charge in [-0.3, -0.25) is 19.6 Å². The Hall–Kier alpha value is -4.98. The summed E-state index contributed by atoms with van der Waals surface area (Å²) in [6.07, 6.45) is 10.7. The minimum absolute atomic E-state index is 0.140. The number of pyridine rings is 2. The van der Waals surface area contributed by atoms with E-state index in [0.29, 0.717) is 24.3 Å². The molecule has 202 valence electrons. The maximum Gasteiger partial charge on any atom is 0.240 e. The number of nitrogens with zero attached hydrogens (tertiary/aromatic N) is 4. The fourth-order valence-corrected chi connectivity index (χ4v) is 4.08. The molecule has 2 aromatic heterocycles. The molecule has 2 N–H and O–H groups in total. The van der Waals surface area contributed by atoms with E-state index >= 15 is 0 Å². The average molecular weight is 533 g/mol. The highest BCUT2D eigenvalue weighted by Crippen LogP contribution is 2.12. The summed E-state index contributed by atoms with van der Waals surface area (Å²) in [6.45, 7) is 0. The van der Waals surface area contributed by atoms with Crippen molar-refractivity contribution in [3.63, 3.8) is 0 Å². The highest BCUT2D eigenvalue weighted by Gasteiger charge is 2.10. The lowest BCUT2D eigenvalue weighted by molar-refractivity contribution is -0.122. The summed E-state index contributed by atoms with van der Waals surface area (Å²) in [5.41, 5.74) is 10.3. The molecule has 2 heterocycles. The number of nitrogens with one attached hydrogen (secondary N) is 2. The average Bonchev–Trinajstić information content (AvgIpc) is 3.01. The zero-order chi connectivity index (χ0) is 27.8. The topological polar surface area (TPSA) is 109 Å². The van der Waals surface area contributed by atoms with E-state index < -0.39 is 0 Å². The van der Waals surface area contributed by atoms with Gasteiger partial charge in [0.1, 0.15) is 0 Å². The molecule has 0 saturated carbocycles. The van der Waals surface area contributed by atoms with Crippen LogP contribution in [0.4, 0.5) is 0 Å². The molecule has 0 unspecified atom stereocenters. The van der Waals surface area contributed by atoms with Crippen molar-refractivity contribution >= 4 is 23.2 Å². The number of amides is 2. The second-order valence-corrected chi connectivity index (χ2v) is 9.11. The van der Waals surface area contributed by atoms with Crippen LogP contribution < -0.4 is 10.9 Å². The fourth-order valence-electron chi connectivity index (χ4n) is 4.08. The van der Waals surface area contributed by atoms with Crippen molar-refractivity contribution in [2.24, 2.45) is 10.2 Å². The molecule has 0 bridgehead atoms. The van der Waals surface area contributed by atoms with E-state index in [1.54, 1.807) is 24.8 Å².